The number of aliphatic hydroxyl groups excluding tert-OH is 1. The number of amides is 1. The molecule has 3 aromatic rings. The van der Waals surface area contributed by atoms with E-state index in [0.717, 1.165) is 23.5 Å². The number of rotatable bonds is 4. The van der Waals surface area contributed by atoms with Gasteiger partial charge in [-0.15, -0.1) is 5.10 Å². The van der Waals surface area contributed by atoms with E-state index in [4.69, 9.17) is 4.74 Å². The first kappa shape index (κ1) is 18.6. The van der Waals surface area contributed by atoms with Crippen LogP contribution in [-0.2, 0) is 24.9 Å². The maximum Gasteiger partial charge on any atom is 0.414 e. The Morgan fingerprint density at radius 2 is 2.03 bits per heavy atom. The van der Waals surface area contributed by atoms with Crippen LogP contribution in [0.5, 0.6) is 0 Å². The summed E-state index contributed by atoms with van der Waals surface area (Å²) in [6.07, 6.45) is 0.564. The number of hydrogen-bond donors (Lipinski definition) is 1. The van der Waals surface area contributed by atoms with E-state index in [2.05, 4.69) is 15.2 Å². The predicted molar refractivity (Wildman–Crippen MR) is 107 cm³/mol. The average Bonchev–Trinajstić information content (AvgIpc) is 3.44. The first-order chi connectivity index (χ1) is 14.5. The van der Waals surface area contributed by atoms with Crippen molar-refractivity contribution >= 4 is 17.6 Å². The van der Waals surface area contributed by atoms with E-state index in [9.17, 15) is 14.3 Å². The molecule has 1 N–H and O–H groups in total. The third-order valence-corrected chi connectivity index (χ3v) is 5.60. The molecule has 0 spiro atoms. The van der Waals surface area contributed by atoms with E-state index >= 15 is 0 Å². The number of anilines is 2. The van der Waals surface area contributed by atoms with Crippen molar-refractivity contribution in [1.82, 2.24) is 15.0 Å². The molecule has 1 aromatic heterocycles. The van der Waals surface area contributed by atoms with Gasteiger partial charge in [0.1, 0.15) is 17.7 Å². The number of carbonyl (C=O) groups excluding carboxylic acids is 1. The van der Waals surface area contributed by atoms with Crippen LogP contribution in [0.15, 0.2) is 42.6 Å². The Bertz CT molecular complexity index is 1130. The van der Waals surface area contributed by atoms with Crippen LogP contribution < -0.4 is 9.80 Å². The van der Waals surface area contributed by atoms with E-state index < -0.39 is 18.0 Å². The zero-order valence-electron chi connectivity index (χ0n) is 16.3. The molecule has 0 unspecified atom stereocenters. The predicted octanol–water partition coefficient (Wildman–Crippen LogP) is 2.46. The van der Waals surface area contributed by atoms with Gasteiger partial charge in [0, 0.05) is 25.7 Å². The van der Waals surface area contributed by atoms with Gasteiger partial charge in [-0.3, -0.25) is 4.90 Å². The van der Waals surface area contributed by atoms with Gasteiger partial charge < -0.3 is 14.7 Å². The number of aliphatic hydroxyl groups is 1. The Balaban J connectivity index is 1.40. The number of cyclic esters (lactones) is 1. The van der Waals surface area contributed by atoms with Gasteiger partial charge in [0.15, 0.2) is 0 Å². The van der Waals surface area contributed by atoms with Crippen molar-refractivity contribution in [3.63, 3.8) is 0 Å². The summed E-state index contributed by atoms with van der Waals surface area (Å²) >= 11 is 0. The van der Waals surface area contributed by atoms with Gasteiger partial charge in [0.05, 0.1) is 25.0 Å². The lowest BCUT2D eigenvalue weighted by Crippen LogP contribution is -2.25. The molecule has 8 nitrogen and oxygen atoms in total. The van der Waals surface area contributed by atoms with E-state index in [-0.39, 0.29) is 13.2 Å². The topological polar surface area (TPSA) is 83.7 Å². The Hall–Kier alpha value is -3.46. The number of ether oxygens (including phenoxy) is 1. The molecule has 0 aliphatic carbocycles. The quantitative estimate of drug-likeness (QED) is 0.713. The molecular formula is C21H20FN5O3. The second-order valence-electron chi connectivity index (χ2n) is 7.52. The zero-order valence-corrected chi connectivity index (χ0v) is 16.3. The second-order valence-corrected chi connectivity index (χ2v) is 7.52. The van der Waals surface area contributed by atoms with Crippen LogP contribution in [0, 0.1) is 5.82 Å². The largest absolute Gasteiger partial charge is 0.441 e. The summed E-state index contributed by atoms with van der Waals surface area (Å²) in [7, 11) is 1.85. The van der Waals surface area contributed by atoms with Gasteiger partial charge in [-0.25, -0.2) is 13.9 Å². The van der Waals surface area contributed by atoms with Gasteiger partial charge in [-0.05, 0) is 41.0 Å². The van der Waals surface area contributed by atoms with E-state index in [1.807, 2.05) is 25.2 Å². The highest BCUT2D eigenvalue weighted by Crippen LogP contribution is 2.33. The maximum atomic E-state index is 14.9. The molecule has 30 heavy (non-hydrogen) atoms. The lowest BCUT2D eigenvalue weighted by molar-refractivity contribution is 0.0963. The fourth-order valence-corrected chi connectivity index (χ4v) is 4.03. The Morgan fingerprint density at radius 1 is 1.20 bits per heavy atom. The number of aryl methyl sites for hydroxylation is 1. The molecule has 2 aromatic carbocycles. The maximum absolute atomic E-state index is 14.9. The molecule has 1 atom stereocenters. The Labute approximate surface area is 172 Å². The monoisotopic (exact) mass is 409 g/mol. The summed E-state index contributed by atoms with van der Waals surface area (Å²) in [4.78, 5) is 15.4. The van der Waals surface area contributed by atoms with E-state index in [0.29, 0.717) is 17.8 Å². The molecule has 1 saturated heterocycles. The molecule has 9 heteroatoms. The van der Waals surface area contributed by atoms with Crippen LogP contribution in [0.3, 0.4) is 0 Å². The van der Waals surface area contributed by atoms with Gasteiger partial charge in [0.25, 0.3) is 0 Å². The van der Waals surface area contributed by atoms with Crippen molar-refractivity contribution in [2.75, 3.05) is 23.0 Å². The number of nitrogens with zero attached hydrogens (tertiary/aromatic N) is 5. The summed E-state index contributed by atoms with van der Waals surface area (Å²) in [5.41, 5.74) is 3.97. The molecule has 5 rings (SSSR count). The van der Waals surface area contributed by atoms with Crippen molar-refractivity contribution in [1.29, 1.82) is 0 Å². The van der Waals surface area contributed by atoms with Crippen molar-refractivity contribution in [2.45, 2.75) is 19.2 Å². The first-order valence-electron chi connectivity index (χ1n) is 9.64. The van der Waals surface area contributed by atoms with Gasteiger partial charge in [-0.2, -0.15) is 0 Å². The number of carbonyl (C=O) groups is 1. The van der Waals surface area contributed by atoms with E-state index in [1.54, 1.807) is 23.0 Å². The number of hydrogen-bond acceptors (Lipinski definition) is 6. The van der Waals surface area contributed by atoms with Crippen molar-refractivity contribution in [3.8, 4) is 11.1 Å². The lowest BCUT2D eigenvalue weighted by Gasteiger charge is -2.15. The number of aromatic nitrogens is 3. The summed E-state index contributed by atoms with van der Waals surface area (Å²) in [6.45, 7) is 1.39. The zero-order chi connectivity index (χ0) is 20.8. The standard InChI is InChI=1S/C21H20FN5O3/c1-25-20(8-23-24-25)26-9-14-3-2-13(6-15(14)10-26)18-5-4-16(7-19(18)22)27-11-17(12-28)30-21(27)29/h2-8,17,28H,9-12H2,1H3/t17-/m1/s1. The van der Waals surface area contributed by atoms with Gasteiger partial charge in [-0.1, -0.05) is 17.3 Å². The third kappa shape index (κ3) is 3.07. The molecule has 2 aliphatic rings. The summed E-state index contributed by atoms with van der Waals surface area (Å²) in [5.74, 6) is 0.514. The minimum absolute atomic E-state index is 0.200. The lowest BCUT2D eigenvalue weighted by atomic mass is 10.00. The second kappa shape index (κ2) is 7.10. The molecule has 3 heterocycles. The SMILES string of the molecule is Cn1nncc1N1Cc2ccc(-c3ccc(N4C[C@H](CO)OC4=O)cc3F)cc2C1. The smallest absolute Gasteiger partial charge is 0.414 e. The molecule has 0 radical (unpaired) electrons. The first-order valence-corrected chi connectivity index (χ1v) is 9.64. The van der Waals surface area contributed by atoms with Crippen LogP contribution in [0.25, 0.3) is 11.1 Å². The van der Waals surface area contributed by atoms with Crippen molar-refractivity contribution in [2.24, 2.45) is 7.05 Å². The highest BCUT2D eigenvalue weighted by molar-refractivity contribution is 5.90. The summed E-state index contributed by atoms with van der Waals surface area (Å²) in [5, 5.41) is 17.1. The van der Waals surface area contributed by atoms with Crippen LogP contribution >= 0.6 is 0 Å². The van der Waals surface area contributed by atoms with Crippen LogP contribution in [0.1, 0.15) is 11.1 Å². The molecule has 1 amide bonds. The Morgan fingerprint density at radius 3 is 2.73 bits per heavy atom. The van der Waals surface area contributed by atoms with E-state index in [1.165, 1.54) is 16.5 Å². The molecule has 154 valence electrons. The summed E-state index contributed by atoms with van der Waals surface area (Å²) in [6, 6.07) is 10.6. The molecule has 2 aliphatic heterocycles. The van der Waals surface area contributed by atoms with Crippen LogP contribution in [-0.4, -0.2) is 45.4 Å². The van der Waals surface area contributed by atoms with Crippen molar-refractivity contribution < 1.29 is 19.0 Å². The highest BCUT2D eigenvalue weighted by atomic mass is 19.1. The molecule has 1 fully saturated rings. The minimum atomic E-state index is -0.588. The number of halogens is 1. The Kier molecular flexibility index (Phi) is 4.39. The molecular weight excluding hydrogens is 389 g/mol. The third-order valence-electron chi connectivity index (χ3n) is 5.60. The molecule has 0 bridgehead atoms. The number of fused-ring (bicyclic) bond motifs is 1. The summed E-state index contributed by atoms with van der Waals surface area (Å²) < 4.78 is 21.7. The molecule has 0 saturated carbocycles. The number of benzene rings is 2. The highest BCUT2D eigenvalue weighted by Gasteiger charge is 2.32. The van der Waals surface area contributed by atoms with Crippen LogP contribution in [0.4, 0.5) is 20.7 Å². The fourth-order valence-electron chi connectivity index (χ4n) is 4.03. The van der Waals surface area contributed by atoms with Crippen molar-refractivity contribution in [3.05, 3.63) is 59.5 Å². The van der Waals surface area contributed by atoms with Gasteiger partial charge in [0.2, 0.25) is 0 Å². The normalized spacial score (nSPS) is 18.1. The van der Waals surface area contributed by atoms with Gasteiger partial charge >= 0.3 is 6.09 Å². The minimum Gasteiger partial charge on any atom is -0.441 e. The average molecular weight is 409 g/mol. The fraction of sp³-hybridized carbons (Fsp3) is 0.286. The van der Waals surface area contributed by atoms with Crippen LogP contribution in [0.2, 0.25) is 0 Å².